The zero-order valence-electron chi connectivity index (χ0n) is 15.0. The molecule has 2 heterocycles. The minimum absolute atomic E-state index is 0. The maximum absolute atomic E-state index is 4.41. The third kappa shape index (κ3) is 5.59. The zero-order valence-corrected chi connectivity index (χ0v) is 18.1. The van der Waals surface area contributed by atoms with Crippen molar-refractivity contribution in [3.05, 3.63) is 22.4 Å². The molecule has 1 saturated heterocycles. The Morgan fingerprint density at radius 3 is 2.88 bits per heavy atom. The van der Waals surface area contributed by atoms with E-state index >= 15 is 0 Å². The fraction of sp³-hybridized carbons (Fsp3) is 0.722. The van der Waals surface area contributed by atoms with Crippen molar-refractivity contribution in [2.24, 2.45) is 10.9 Å². The Bertz CT molecular complexity index is 515. The lowest BCUT2D eigenvalue weighted by Gasteiger charge is -2.21. The number of thiophene rings is 1. The van der Waals surface area contributed by atoms with Crippen molar-refractivity contribution in [2.45, 2.75) is 57.7 Å². The molecule has 0 aromatic carbocycles. The van der Waals surface area contributed by atoms with E-state index in [4.69, 9.17) is 0 Å². The van der Waals surface area contributed by atoms with Crippen LogP contribution in [0.2, 0.25) is 0 Å². The molecule has 2 aliphatic rings. The smallest absolute Gasteiger partial charge is 0.191 e. The summed E-state index contributed by atoms with van der Waals surface area (Å²) in [5, 5.41) is 9.29. The fourth-order valence-corrected chi connectivity index (χ4v) is 4.45. The van der Waals surface area contributed by atoms with Crippen molar-refractivity contribution < 1.29 is 0 Å². The number of nitrogens with zero attached hydrogens (tertiary/aromatic N) is 2. The maximum Gasteiger partial charge on any atom is 0.191 e. The van der Waals surface area contributed by atoms with Crippen molar-refractivity contribution in [3.63, 3.8) is 0 Å². The Morgan fingerprint density at radius 2 is 2.25 bits per heavy atom. The van der Waals surface area contributed by atoms with E-state index in [2.05, 4.69) is 51.9 Å². The summed E-state index contributed by atoms with van der Waals surface area (Å²) in [4.78, 5) is 8.55. The first-order valence-electron chi connectivity index (χ1n) is 8.91. The van der Waals surface area contributed by atoms with Gasteiger partial charge in [0.2, 0.25) is 0 Å². The Balaban J connectivity index is 0.00000208. The molecular weight excluding hydrogens is 431 g/mol. The number of guanidine groups is 1. The topological polar surface area (TPSA) is 39.7 Å². The van der Waals surface area contributed by atoms with Crippen molar-refractivity contribution >= 4 is 41.3 Å². The Hall–Kier alpha value is -0.340. The van der Waals surface area contributed by atoms with Gasteiger partial charge in [-0.3, -0.25) is 9.89 Å². The van der Waals surface area contributed by atoms with Gasteiger partial charge in [-0.25, -0.2) is 0 Å². The SMILES string of the molecule is CN=C(NCC(C)Cc1cccs1)NC1CC(C)N(C2CC2)C1.I. The van der Waals surface area contributed by atoms with E-state index in [0.29, 0.717) is 18.0 Å². The van der Waals surface area contributed by atoms with Gasteiger partial charge in [0.15, 0.2) is 5.96 Å². The van der Waals surface area contributed by atoms with Crippen LogP contribution in [0.5, 0.6) is 0 Å². The van der Waals surface area contributed by atoms with Crippen LogP contribution in [0.1, 0.15) is 38.0 Å². The van der Waals surface area contributed by atoms with Crippen LogP contribution in [-0.4, -0.2) is 49.1 Å². The molecule has 1 aromatic heterocycles. The van der Waals surface area contributed by atoms with E-state index in [9.17, 15) is 0 Å². The summed E-state index contributed by atoms with van der Waals surface area (Å²) in [7, 11) is 1.87. The molecule has 6 heteroatoms. The number of hydrogen-bond donors (Lipinski definition) is 2. The number of rotatable bonds is 6. The third-order valence-corrected chi connectivity index (χ3v) is 5.85. The minimum atomic E-state index is 0. The van der Waals surface area contributed by atoms with E-state index in [1.807, 2.05) is 18.4 Å². The highest BCUT2D eigenvalue weighted by Gasteiger charge is 2.38. The van der Waals surface area contributed by atoms with E-state index in [-0.39, 0.29) is 24.0 Å². The van der Waals surface area contributed by atoms with Gasteiger partial charge < -0.3 is 10.6 Å². The first-order valence-corrected chi connectivity index (χ1v) is 9.79. The summed E-state index contributed by atoms with van der Waals surface area (Å²) >= 11 is 1.85. The standard InChI is InChI=1S/C18H30N4S.HI/c1-13(9-17-5-4-8-23-17)11-20-18(19-3)21-15-10-14(2)22(12-15)16-6-7-16;/h4-5,8,13-16H,6-7,9-12H2,1-3H3,(H2,19,20,21);1H. The Morgan fingerprint density at radius 1 is 1.46 bits per heavy atom. The fourth-order valence-electron chi connectivity index (χ4n) is 3.58. The van der Waals surface area contributed by atoms with Gasteiger partial charge in [0.05, 0.1) is 0 Å². The molecule has 4 nitrogen and oxygen atoms in total. The Kier molecular flexibility index (Phi) is 7.81. The molecule has 0 amide bonds. The van der Waals surface area contributed by atoms with Crippen LogP contribution in [0, 0.1) is 5.92 Å². The lowest BCUT2D eigenvalue weighted by atomic mass is 10.1. The molecule has 1 aliphatic carbocycles. The van der Waals surface area contributed by atoms with Crippen LogP contribution in [0.3, 0.4) is 0 Å². The van der Waals surface area contributed by atoms with E-state index < -0.39 is 0 Å². The summed E-state index contributed by atoms with van der Waals surface area (Å²) in [5.41, 5.74) is 0. The number of likely N-dealkylation sites (tertiary alicyclic amines) is 1. The quantitative estimate of drug-likeness (QED) is 0.387. The van der Waals surface area contributed by atoms with Gasteiger partial charge in [-0.2, -0.15) is 0 Å². The maximum atomic E-state index is 4.41. The van der Waals surface area contributed by atoms with Crippen molar-refractivity contribution in [1.29, 1.82) is 0 Å². The minimum Gasteiger partial charge on any atom is -0.356 e. The van der Waals surface area contributed by atoms with Crippen molar-refractivity contribution in [2.75, 3.05) is 20.1 Å². The molecular formula is C18H31IN4S. The highest BCUT2D eigenvalue weighted by molar-refractivity contribution is 14.0. The van der Waals surface area contributed by atoms with Gasteiger partial charge >= 0.3 is 0 Å². The molecule has 0 radical (unpaired) electrons. The predicted octanol–water partition coefficient (Wildman–Crippen LogP) is 3.33. The van der Waals surface area contributed by atoms with Gasteiger partial charge in [-0.1, -0.05) is 13.0 Å². The molecule has 3 rings (SSSR count). The average molecular weight is 462 g/mol. The molecule has 1 aliphatic heterocycles. The average Bonchev–Trinajstić information content (AvgIpc) is 3.13. The molecule has 1 saturated carbocycles. The van der Waals surface area contributed by atoms with Crippen LogP contribution < -0.4 is 10.6 Å². The van der Waals surface area contributed by atoms with E-state index in [1.165, 1.54) is 24.1 Å². The van der Waals surface area contributed by atoms with Gasteiger partial charge in [-0.05, 0) is 50.0 Å². The summed E-state index contributed by atoms with van der Waals surface area (Å²) in [5.74, 6) is 1.57. The van der Waals surface area contributed by atoms with Crippen molar-refractivity contribution in [3.8, 4) is 0 Å². The first kappa shape index (κ1) is 20.0. The van der Waals surface area contributed by atoms with Gasteiger partial charge in [0.1, 0.15) is 0 Å². The van der Waals surface area contributed by atoms with Crippen LogP contribution in [0.25, 0.3) is 0 Å². The zero-order chi connectivity index (χ0) is 16.2. The number of aliphatic imine (C=N–C) groups is 1. The van der Waals surface area contributed by atoms with E-state index in [0.717, 1.165) is 31.5 Å². The van der Waals surface area contributed by atoms with Gasteiger partial charge in [-0.15, -0.1) is 35.3 Å². The first-order chi connectivity index (χ1) is 11.2. The van der Waals surface area contributed by atoms with Crippen LogP contribution in [0.4, 0.5) is 0 Å². The number of nitrogens with one attached hydrogen (secondary N) is 2. The van der Waals surface area contributed by atoms with Gasteiger partial charge in [0, 0.05) is 43.1 Å². The molecule has 24 heavy (non-hydrogen) atoms. The van der Waals surface area contributed by atoms with Crippen LogP contribution in [-0.2, 0) is 6.42 Å². The second kappa shape index (κ2) is 9.38. The summed E-state index contributed by atoms with van der Waals surface area (Å²) < 4.78 is 0. The van der Waals surface area contributed by atoms with Crippen molar-refractivity contribution in [1.82, 2.24) is 15.5 Å². The number of hydrogen-bond acceptors (Lipinski definition) is 3. The second-order valence-corrected chi connectivity index (χ2v) is 8.23. The monoisotopic (exact) mass is 462 g/mol. The summed E-state index contributed by atoms with van der Waals surface area (Å²) in [6.45, 7) is 6.79. The van der Waals surface area contributed by atoms with Crippen LogP contribution in [0.15, 0.2) is 22.5 Å². The highest BCUT2D eigenvalue weighted by Crippen LogP contribution is 2.33. The predicted molar refractivity (Wildman–Crippen MR) is 115 cm³/mol. The highest BCUT2D eigenvalue weighted by atomic mass is 127. The Labute approximate surface area is 167 Å². The molecule has 3 atom stereocenters. The lowest BCUT2D eigenvalue weighted by molar-refractivity contribution is 0.256. The second-order valence-electron chi connectivity index (χ2n) is 7.20. The molecule has 136 valence electrons. The summed E-state index contributed by atoms with van der Waals surface area (Å²) in [6, 6.07) is 6.45. The third-order valence-electron chi connectivity index (χ3n) is 4.95. The number of halogens is 1. The van der Waals surface area contributed by atoms with Crippen LogP contribution >= 0.6 is 35.3 Å². The summed E-state index contributed by atoms with van der Waals surface area (Å²) in [6.07, 6.45) is 5.15. The molecule has 2 N–H and O–H groups in total. The van der Waals surface area contributed by atoms with E-state index in [1.54, 1.807) is 0 Å². The molecule has 2 fully saturated rings. The van der Waals surface area contributed by atoms with Gasteiger partial charge in [0.25, 0.3) is 0 Å². The lowest BCUT2D eigenvalue weighted by Crippen LogP contribution is -2.46. The normalized spacial score (nSPS) is 26.0. The molecule has 3 unspecified atom stereocenters. The molecule has 0 spiro atoms. The molecule has 0 bridgehead atoms. The largest absolute Gasteiger partial charge is 0.356 e. The molecule has 1 aromatic rings.